The largest absolute Gasteiger partial charge is 0.373 e. The van der Waals surface area contributed by atoms with Crippen LogP contribution in [0.5, 0.6) is 0 Å². The van der Waals surface area contributed by atoms with E-state index in [4.69, 9.17) is 0 Å². The number of nitrogens with zero attached hydrogens (tertiary/aromatic N) is 2. The van der Waals surface area contributed by atoms with Crippen LogP contribution in [0.1, 0.15) is 32.6 Å². The van der Waals surface area contributed by atoms with Crippen molar-refractivity contribution in [3.8, 4) is 0 Å². The van der Waals surface area contributed by atoms with Gasteiger partial charge in [0, 0.05) is 19.2 Å². The summed E-state index contributed by atoms with van der Waals surface area (Å²) >= 11 is 0. The summed E-state index contributed by atoms with van der Waals surface area (Å²) < 4.78 is 0. The number of hydrogen-bond acceptors (Lipinski definition) is 5. The van der Waals surface area contributed by atoms with E-state index in [0.29, 0.717) is 17.6 Å². The van der Waals surface area contributed by atoms with Crippen molar-refractivity contribution in [2.45, 2.75) is 38.6 Å². The Kier molecular flexibility index (Phi) is 4.19. The Balaban J connectivity index is 2.19. The number of aromatic nitrogens is 1. The summed E-state index contributed by atoms with van der Waals surface area (Å²) in [6, 6.07) is 3.39. The number of pyridine rings is 1. The Morgan fingerprint density at radius 2 is 2.21 bits per heavy atom. The van der Waals surface area contributed by atoms with Crippen LogP contribution in [0, 0.1) is 16.0 Å². The fourth-order valence-corrected chi connectivity index (χ4v) is 2.60. The van der Waals surface area contributed by atoms with E-state index in [0.717, 1.165) is 12.8 Å². The van der Waals surface area contributed by atoms with Crippen LogP contribution in [0.2, 0.25) is 0 Å². The predicted octanol–water partition coefficient (Wildman–Crippen LogP) is 3.02. The molecular formula is C13H20N4O2. The van der Waals surface area contributed by atoms with Crippen LogP contribution in [-0.2, 0) is 0 Å². The van der Waals surface area contributed by atoms with E-state index in [1.165, 1.54) is 18.9 Å². The molecule has 0 aliphatic heterocycles. The summed E-state index contributed by atoms with van der Waals surface area (Å²) in [7, 11) is 1.75. The Morgan fingerprint density at radius 1 is 1.42 bits per heavy atom. The standard InChI is InChI=1S/C13H20N4O2/c1-9-4-3-5-10(8-9)15-13-11(17(18)19)6-7-12(14-2)16-13/h6-7,9-10H,3-5,8H2,1-2H3,(H2,14,15,16). The van der Waals surface area contributed by atoms with E-state index in [2.05, 4.69) is 22.5 Å². The maximum Gasteiger partial charge on any atom is 0.311 e. The lowest BCUT2D eigenvalue weighted by molar-refractivity contribution is -0.384. The lowest BCUT2D eigenvalue weighted by Crippen LogP contribution is -2.27. The van der Waals surface area contributed by atoms with Crippen molar-refractivity contribution in [3.05, 3.63) is 22.2 Å². The molecule has 6 nitrogen and oxygen atoms in total. The Morgan fingerprint density at radius 3 is 2.84 bits per heavy atom. The smallest absolute Gasteiger partial charge is 0.311 e. The van der Waals surface area contributed by atoms with Gasteiger partial charge < -0.3 is 10.6 Å². The van der Waals surface area contributed by atoms with Gasteiger partial charge in [-0.15, -0.1) is 0 Å². The highest BCUT2D eigenvalue weighted by Crippen LogP contribution is 2.29. The molecule has 104 valence electrons. The van der Waals surface area contributed by atoms with Crippen LogP contribution in [0.3, 0.4) is 0 Å². The quantitative estimate of drug-likeness (QED) is 0.645. The molecule has 1 aromatic rings. The highest BCUT2D eigenvalue weighted by molar-refractivity contribution is 5.60. The number of rotatable bonds is 4. The topological polar surface area (TPSA) is 80.1 Å². The van der Waals surface area contributed by atoms with E-state index in [1.54, 1.807) is 13.1 Å². The van der Waals surface area contributed by atoms with Gasteiger partial charge in [0.2, 0.25) is 5.82 Å². The summed E-state index contributed by atoms with van der Waals surface area (Å²) in [5, 5.41) is 17.2. The molecule has 1 aliphatic rings. The van der Waals surface area contributed by atoms with Gasteiger partial charge in [-0.25, -0.2) is 4.98 Å². The second-order valence-corrected chi connectivity index (χ2v) is 5.18. The zero-order valence-corrected chi connectivity index (χ0v) is 11.3. The fraction of sp³-hybridized carbons (Fsp3) is 0.615. The molecule has 6 heteroatoms. The minimum absolute atomic E-state index is 0.0391. The van der Waals surface area contributed by atoms with E-state index < -0.39 is 0 Å². The van der Waals surface area contributed by atoms with Crippen molar-refractivity contribution >= 4 is 17.3 Å². The lowest BCUT2D eigenvalue weighted by Gasteiger charge is -2.27. The Bertz CT molecular complexity index is 464. The van der Waals surface area contributed by atoms with Crippen LogP contribution >= 0.6 is 0 Å². The van der Waals surface area contributed by atoms with Crippen LogP contribution < -0.4 is 10.6 Å². The first-order chi connectivity index (χ1) is 9.10. The van der Waals surface area contributed by atoms with E-state index in [1.807, 2.05) is 0 Å². The third-order valence-corrected chi connectivity index (χ3v) is 3.60. The number of hydrogen-bond donors (Lipinski definition) is 2. The molecule has 0 spiro atoms. The summed E-state index contributed by atoms with van der Waals surface area (Å²) in [6.45, 7) is 2.22. The maximum atomic E-state index is 11.0. The summed E-state index contributed by atoms with van der Waals surface area (Å²) in [6.07, 6.45) is 4.50. The predicted molar refractivity (Wildman–Crippen MR) is 75.5 cm³/mol. The van der Waals surface area contributed by atoms with Crippen molar-refractivity contribution in [2.75, 3.05) is 17.7 Å². The first-order valence-corrected chi connectivity index (χ1v) is 6.70. The summed E-state index contributed by atoms with van der Waals surface area (Å²) in [5.41, 5.74) is 0.0391. The molecule has 0 saturated heterocycles. The van der Waals surface area contributed by atoms with Crippen LogP contribution in [0.25, 0.3) is 0 Å². The van der Waals surface area contributed by atoms with Gasteiger partial charge in [0.05, 0.1) is 4.92 Å². The molecule has 2 atom stereocenters. The highest BCUT2D eigenvalue weighted by Gasteiger charge is 2.23. The van der Waals surface area contributed by atoms with E-state index in [9.17, 15) is 10.1 Å². The molecule has 1 saturated carbocycles. The van der Waals surface area contributed by atoms with E-state index in [-0.39, 0.29) is 16.7 Å². The van der Waals surface area contributed by atoms with Gasteiger partial charge in [0.15, 0.2) is 0 Å². The van der Waals surface area contributed by atoms with Crippen LogP contribution in [0.4, 0.5) is 17.3 Å². The molecule has 2 unspecified atom stereocenters. The minimum Gasteiger partial charge on any atom is -0.373 e. The maximum absolute atomic E-state index is 11.0. The van der Waals surface area contributed by atoms with Crippen molar-refractivity contribution in [1.29, 1.82) is 0 Å². The summed E-state index contributed by atoms with van der Waals surface area (Å²) in [5.74, 6) is 1.67. The van der Waals surface area contributed by atoms with E-state index >= 15 is 0 Å². The zero-order chi connectivity index (χ0) is 13.8. The molecule has 0 aromatic carbocycles. The van der Waals surface area contributed by atoms with Gasteiger partial charge in [-0.1, -0.05) is 19.8 Å². The molecule has 0 amide bonds. The zero-order valence-electron chi connectivity index (χ0n) is 11.3. The average molecular weight is 264 g/mol. The second-order valence-electron chi connectivity index (χ2n) is 5.18. The Hall–Kier alpha value is -1.85. The van der Waals surface area contributed by atoms with Gasteiger partial charge >= 0.3 is 5.69 Å². The van der Waals surface area contributed by atoms with Crippen LogP contribution in [0.15, 0.2) is 12.1 Å². The molecule has 2 rings (SSSR count). The molecule has 2 N–H and O–H groups in total. The third kappa shape index (κ3) is 3.33. The first-order valence-electron chi connectivity index (χ1n) is 6.70. The minimum atomic E-state index is -0.388. The number of nitrogens with one attached hydrogen (secondary N) is 2. The third-order valence-electron chi connectivity index (χ3n) is 3.60. The molecule has 1 fully saturated rings. The molecule has 1 heterocycles. The molecule has 1 aliphatic carbocycles. The Labute approximate surface area is 112 Å². The molecule has 0 bridgehead atoms. The average Bonchev–Trinajstić information content (AvgIpc) is 2.38. The lowest BCUT2D eigenvalue weighted by atomic mass is 9.87. The fourth-order valence-electron chi connectivity index (χ4n) is 2.60. The van der Waals surface area contributed by atoms with Gasteiger partial charge in [-0.2, -0.15) is 0 Å². The summed E-state index contributed by atoms with van der Waals surface area (Å²) in [4.78, 5) is 14.9. The van der Waals surface area contributed by atoms with Crippen LogP contribution in [-0.4, -0.2) is 23.0 Å². The van der Waals surface area contributed by atoms with Crippen molar-refractivity contribution in [2.24, 2.45) is 5.92 Å². The van der Waals surface area contributed by atoms with Gasteiger partial charge in [0.25, 0.3) is 0 Å². The van der Waals surface area contributed by atoms with Crippen molar-refractivity contribution in [3.63, 3.8) is 0 Å². The normalized spacial score (nSPS) is 22.8. The highest BCUT2D eigenvalue weighted by atomic mass is 16.6. The van der Waals surface area contributed by atoms with Crippen molar-refractivity contribution < 1.29 is 4.92 Å². The first kappa shape index (κ1) is 13.6. The number of anilines is 2. The van der Waals surface area contributed by atoms with Gasteiger partial charge in [-0.3, -0.25) is 10.1 Å². The molecular weight excluding hydrogens is 244 g/mol. The van der Waals surface area contributed by atoms with Crippen molar-refractivity contribution in [1.82, 2.24) is 4.98 Å². The SMILES string of the molecule is CNc1ccc([N+](=O)[O-])c(NC2CCCC(C)C2)n1. The molecule has 1 aromatic heterocycles. The molecule has 0 radical (unpaired) electrons. The number of nitro groups is 1. The second kappa shape index (κ2) is 5.86. The molecule has 19 heavy (non-hydrogen) atoms. The van der Waals surface area contributed by atoms with Gasteiger partial charge in [0.1, 0.15) is 5.82 Å². The van der Waals surface area contributed by atoms with Gasteiger partial charge in [-0.05, 0) is 24.8 Å². The monoisotopic (exact) mass is 264 g/mol.